The first-order valence-electron chi connectivity index (χ1n) is 4.03. The van der Waals surface area contributed by atoms with E-state index in [2.05, 4.69) is 0 Å². The molecule has 0 aromatic heterocycles. The van der Waals surface area contributed by atoms with Gasteiger partial charge in [-0.2, -0.15) is 0 Å². The van der Waals surface area contributed by atoms with E-state index in [9.17, 15) is 10.1 Å². The number of nitro groups is 1. The van der Waals surface area contributed by atoms with Crippen LogP contribution in [-0.4, -0.2) is 9.91 Å². The van der Waals surface area contributed by atoms with Crippen LogP contribution in [-0.2, 0) is 6.42 Å². The highest BCUT2D eigenvalue weighted by molar-refractivity contribution is 7.80. The summed E-state index contributed by atoms with van der Waals surface area (Å²) < 4.78 is 0. The van der Waals surface area contributed by atoms with E-state index in [1.165, 1.54) is 6.07 Å². The lowest BCUT2D eigenvalue weighted by Gasteiger charge is -2.01. The summed E-state index contributed by atoms with van der Waals surface area (Å²) in [7, 11) is 0. The van der Waals surface area contributed by atoms with Crippen LogP contribution in [0.15, 0.2) is 18.2 Å². The van der Waals surface area contributed by atoms with Crippen LogP contribution < -0.4 is 5.73 Å². The van der Waals surface area contributed by atoms with Crippen molar-refractivity contribution in [2.45, 2.75) is 13.3 Å². The van der Waals surface area contributed by atoms with E-state index in [-0.39, 0.29) is 5.69 Å². The number of aryl methyl sites for hydroxylation is 1. The largest absolute Gasteiger partial charge is 0.393 e. The van der Waals surface area contributed by atoms with Crippen LogP contribution in [0.4, 0.5) is 5.69 Å². The topological polar surface area (TPSA) is 69.2 Å². The molecule has 4 nitrogen and oxygen atoms in total. The van der Waals surface area contributed by atoms with Gasteiger partial charge in [-0.25, -0.2) is 0 Å². The minimum Gasteiger partial charge on any atom is -0.393 e. The third-order valence-electron chi connectivity index (χ3n) is 1.85. The fraction of sp³-hybridized carbons (Fsp3) is 0.222. The zero-order valence-electron chi connectivity index (χ0n) is 7.69. The van der Waals surface area contributed by atoms with E-state index in [0.717, 1.165) is 5.56 Å². The number of benzene rings is 1. The molecule has 2 N–H and O–H groups in total. The summed E-state index contributed by atoms with van der Waals surface area (Å²) in [6.07, 6.45) is 0.399. The van der Waals surface area contributed by atoms with Gasteiger partial charge in [0.1, 0.15) is 0 Å². The zero-order chi connectivity index (χ0) is 10.7. The molecular formula is C9H10N2O2S. The Morgan fingerprint density at radius 2 is 2.29 bits per heavy atom. The molecule has 0 amide bonds. The lowest BCUT2D eigenvalue weighted by molar-refractivity contribution is -0.385. The molecule has 0 saturated carbocycles. The zero-order valence-corrected chi connectivity index (χ0v) is 8.50. The van der Waals surface area contributed by atoms with E-state index < -0.39 is 4.92 Å². The second kappa shape index (κ2) is 4.15. The molecule has 0 fully saturated rings. The molecule has 1 rings (SSSR count). The van der Waals surface area contributed by atoms with Crippen LogP contribution in [0, 0.1) is 17.0 Å². The van der Waals surface area contributed by atoms with E-state index in [0.29, 0.717) is 17.0 Å². The summed E-state index contributed by atoms with van der Waals surface area (Å²) in [5.41, 5.74) is 6.87. The summed E-state index contributed by atoms with van der Waals surface area (Å²) >= 11 is 4.73. The molecule has 0 aliphatic rings. The predicted octanol–water partition coefficient (Wildman–Crippen LogP) is 1.73. The third kappa shape index (κ3) is 2.50. The van der Waals surface area contributed by atoms with Crippen LogP contribution >= 0.6 is 12.2 Å². The van der Waals surface area contributed by atoms with Gasteiger partial charge in [0.15, 0.2) is 0 Å². The van der Waals surface area contributed by atoms with Gasteiger partial charge in [0.05, 0.1) is 9.91 Å². The Morgan fingerprint density at radius 1 is 1.64 bits per heavy atom. The number of hydrogen-bond donors (Lipinski definition) is 1. The first kappa shape index (κ1) is 10.6. The lowest BCUT2D eigenvalue weighted by atomic mass is 10.1. The Hall–Kier alpha value is -1.49. The molecule has 0 heterocycles. The summed E-state index contributed by atoms with van der Waals surface area (Å²) in [6.45, 7) is 1.70. The Morgan fingerprint density at radius 3 is 2.79 bits per heavy atom. The maximum atomic E-state index is 10.6. The number of nitrogens with zero attached hydrogens (tertiary/aromatic N) is 1. The highest BCUT2D eigenvalue weighted by atomic mass is 32.1. The van der Waals surface area contributed by atoms with Crippen molar-refractivity contribution in [3.63, 3.8) is 0 Å². The van der Waals surface area contributed by atoms with Crippen LogP contribution in [0.1, 0.15) is 11.1 Å². The molecule has 0 unspecified atom stereocenters. The Bertz CT molecular complexity index is 390. The van der Waals surface area contributed by atoms with Crippen LogP contribution in [0.5, 0.6) is 0 Å². The second-order valence-corrected chi connectivity index (χ2v) is 3.55. The smallest absolute Gasteiger partial charge is 0.272 e. The molecule has 0 saturated heterocycles. The van der Waals surface area contributed by atoms with Gasteiger partial charge in [0.2, 0.25) is 0 Å². The molecule has 0 aliphatic carbocycles. The van der Waals surface area contributed by atoms with Gasteiger partial charge in [-0.3, -0.25) is 10.1 Å². The van der Waals surface area contributed by atoms with E-state index >= 15 is 0 Å². The number of rotatable bonds is 3. The van der Waals surface area contributed by atoms with Crippen molar-refractivity contribution in [3.05, 3.63) is 39.4 Å². The number of thiocarbonyl (C=S) groups is 1. The van der Waals surface area contributed by atoms with E-state index in [1.807, 2.05) is 0 Å². The van der Waals surface area contributed by atoms with Crippen molar-refractivity contribution < 1.29 is 4.92 Å². The minimum atomic E-state index is -0.404. The molecule has 1 aromatic rings. The molecule has 0 radical (unpaired) electrons. The van der Waals surface area contributed by atoms with Gasteiger partial charge in [-0.1, -0.05) is 24.4 Å². The fourth-order valence-electron chi connectivity index (χ4n) is 1.16. The van der Waals surface area contributed by atoms with Crippen LogP contribution in [0.25, 0.3) is 0 Å². The van der Waals surface area contributed by atoms with E-state index in [1.54, 1.807) is 19.1 Å². The fourth-order valence-corrected chi connectivity index (χ4v) is 1.33. The second-order valence-electron chi connectivity index (χ2n) is 3.02. The summed E-state index contributed by atoms with van der Waals surface area (Å²) in [6, 6.07) is 5.00. The van der Waals surface area contributed by atoms with Crippen molar-refractivity contribution in [1.82, 2.24) is 0 Å². The van der Waals surface area contributed by atoms with Crippen molar-refractivity contribution in [3.8, 4) is 0 Å². The van der Waals surface area contributed by atoms with Crippen molar-refractivity contribution >= 4 is 22.9 Å². The molecule has 0 spiro atoms. The van der Waals surface area contributed by atoms with Crippen LogP contribution in [0.3, 0.4) is 0 Å². The quantitative estimate of drug-likeness (QED) is 0.468. The standard InChI is InChI=1S/C9H10N2O2S/c1-6-2-3-7(5-9(10)14)4-8(6)11(12)13/h2-4H,5H2,1H3,(H2,10,14). The maximum Gasteiger partial charge on any atom is 0.272 e. The molecular weight excluding hydrogens is 200 g/mol. The van der Waals surface area contributed by atoms with Gasteiger partial charge < -0.3 is 5.73 Å². The SMILES string of the molecule is Cc1ccc(CC(N)=S)cc1[N+](=O)[O-]. The number of nitrogens with two attached hydrogens (primary N) is 1. The summed E-state index contributed by atoms with van der Waals surface area (Å²) in [5.74, 6) is 0. The van der Waals surface area contributed by atoms with Gasteiger partial charge >= 0.3 is 0 Å². The highest BCUT2D eigenvalue weighted by Gasteiger charge is 2.10. The lowest BCUT2D eigenvalue weighted by Crippen LogP contribution is -2.11. The van der Waals surface area contributed by atoms with Crippen molar-refractivity contribution in [2.24, 2.45) is 5.73 Å². The molecule has 1 aromatic carbocycles. The normalized spacial score (nSPS) is 9.79. The summed E-state index contributed by atoms with van der Waals surface area (Å²) in [4.78, 5) is 10.5. The van der Waals surface area contributed by atoms with Gasteiger partial charge in [0.25, 0.3) is 5.69 Å². The molecule has 14 heavy (non-hydrogen) atoms. The predicted molar refractivity (Wildman–Crippen MR) is 58.3 cm³/mol. The molecule has 5 heteroatoms. The average molecular weight is 210 g/mol. The molecule has 74 valence electrons. The van der Waals surface area contributed by atoms with Gasteiger partial charge in [-0.05, 0) is 12.5 Å². The van der Waals surface area contributed by atoms with Crippen molar-refractivity contribution in [1.29, 1.82) is 0 Å². The van der Waals surface area contributed by atoms with Gasteiger partial charge in [0, 0.05) is 18.1 Å². The summed E-state index contributed by atoms with van der Waals surface area (Å²) in [5, 5.41) is 10.6. The average Bonchev–Trinajstić information content (AvgIpc) is 2.07. The highest BCUT2D eigenvalue weighted by Crippen LogP contribution is 2.19. The minimum absolute atomic E-state index is 0.110. The first-order chi connectivity index (χ1) is 6.50. The number of nitro benzene ring substituents is 1. The monoisotopic (exact) mass is 210 g/mol. The first-order valence-corrected chi connectivity index (χ1v) is 4.43. The third-order valence-corrected chi connectivity index (χ3v) is 1.99. The number of hydrogen-bond acceptors (Lipinski definition) is 3. The van der Waals surface area contributed by atoms with E-state index in [4.69, 9.17) is 18.0 Å². The Balaban J connectivity index is 3.06. The Kier molecular flexibility index (Phi) is 3.14. The van der Waals surface area contributed by atoms with Gasteiger partial charge in [-0.15, -0.1) is 0 Å². The van der Waals surface area contributed by atoms with Crippen molar-refractivity contribution in [2.75, 3.05) is 0 Å². The molecule has 0 atom stereocenters. The maximum absolute atomic E-state index is 10.6. The van der Waals surface area contributed by atoms with Crippen LogP contribution in [0.2, 0.25) is 0 Å². The Labute approximate surface area is 86.9 Å². The molecule has 0 aliphatic heterocycles. The molecule has 0 bridgehead atoms.